The van der Waals surface area contributed by atoms with Crippen LogP contribution in [-0.2, 0) is 11.3 Å². The fourth-order valence-electron chi connectivity index (χ4n) is 1.49. The number of aromatic nitrogens is 3. The first-order valence-corrected chi connectivity index (χ1v) is 4.93. The number of primary amides is 1. The summed E-state index contributed by atoms with van der Waals surface area (Å²) in [6, 6.07) is 4.51. The van der Waals surface area contributed by atoms with E-state index in [0.29, 0.717) is 17.6 Å². The SMILES string of the molecule is NC(=O)CCn1nnc2cc(C(=O)O)ccc21. The van der Waals surface area contributed by atoms with Gasteiger partial charge in [-0.3, -0.25) is 4.79 Å². The molecular formula is C10H10N4O3. The summed E-state index contributed by atoms with van der Waals surface area (Å²) in [7, 11) is 0. The van der Waals surface area contributed by atoms with Crippen LogP contribution in [0.15, 0.2) is 18.2 Å². The Balaban J connectivity index is 2.34. The highest BCUT2D eigenvalue weighted by Gasteiger charge is 2.09. The van der Waals surface area contributed by atoms with Gasteiger partial charge in [0.05, 0.1) is 17.6 Å². The van der Waals surface area contributed by atoms with Crippen LogP contribution in [0, 0.1) is 0 Å². The van der Waals surface area contributed by atoms with E-state index in [9.17, 15) is 9.59 Å². The second-order valence-electron chi connectivity index (χ2n) is 3.54. The van der Waals surface area contributed by atoms with Gasteiger partial charge in [-0.15, -0.1) is 5.10 Å². The second kappa shape index (κ2) is 4.20. The Hall–Kier alpha value is -2.44. The molecular weight excluding hydrogens is 224 g/mol. The van der Waals surface area contributed by atoms with Gasteiger partial charge in [0.25, 0.3) is 0 Å². The summed E-state index contributed by atoms with van der Waals surface area (Å²) >= 11 is 0. The molecule has 7 nitrogen and oxygen atoms in total. The van der Waals surface area contributed by atoms with Crippen molar-refractivity contribution in [1.29, 1.82) is 0 Å². The Bertz CT molecular complexity index is 590. The fourth-order valence-corrected chi connectivity index (χ4v) is 1.49. The van der Waals surface area contributed by atoms with E-state index in [0.717, 1.165) is 0 Å². The molecule has 2 aromatic rings. The lowest BCUT2D eigenvalue weighted by atomic mass is 10.2. The minimum Gasteiger partial charge on any atom is -0.478 e. The molecule has 1 aromatic heterocycles. The van der Waals surface area contributed by atoms with Gasteiger partial charge in [-0.2, -0.15) is 0 Å². The van der Waals surface area contributed by atoms with E-state index in [1.165, 1.54) is 16.8 Å². The van der Waals surface area contributed by atoms with Gasteiger partial charge in [-0.05, 0) is 18.2 Å². The summed E-state index contributed by atoms with van der Waals surface area (Å²) in [6.45, 7) is 0.332. The van der Waals surface area contributed by atoms with E-state index in [1.54, 1.807) is 6.07 Å². The van der Waals surface area contributed by atoms with Crippen LogP contribution < -0.4 is 5.73 Å². The van der Waals surface area contributed by atoms with Crippen LogP contribution in [0.5, 0.6) is 0 Å². The van der Waals surface area contributed by atoms with E-state index in [4.69, 9.17) is 10.8 Å². The van der Waals surface area contributed by atoms with Crippen LogP contribution in [0.25, 0.3) is 11.0 Å². The molecule has 3 N–H and O–H groups in total. The second-order valence-corrected chi connectivity index (χ2v) is 3.54. The first-order valence-electron chi connectivity index (χ1n) is 4.93. The molecule has 0 unspecified atom stereocenters. The first kappa shape index (κ1) is 11.1. The van der Waals surface area contributed by atoms with Gasteiger partial charge in [-0.1, -0.05) is 5.21 Å². The average molecular weight is 234 g/mol. The zero-order valence-corrected chi connectivity index (χ0v) is 8.83. The molecule has 1 amide bonds. The number of fused-ring (bicyclic) bond motifs is 1. The molecule has 0 atom stereocenters. The van der Waals surface area contributed by atoms with Gasteiger partial charge in [0, 0.05) is 6.42 Å². The molecule has 1 aromatic carbocycles. The number of rotatable bonds is 4. The highest BCUT2D eigenvalue weighted by atomic mass is 16.4. The summed E-state index contributed by atoms with van der Waals surface area (Å²) in [5.41, 5.74) is 6.35. The van der Waals surface area contributed by atoms with Gasteiger partial charge in [0.1, 0.15) is 5.52 Å². The molecule has 0 fully saturated rings. The topological polar surface area (TPSA) is 111 Å². The van der Waals surface area contributed by atoms with Gasteiger partial charge in [0.2, 0.25) is 5.91 Å². The van der Waals surface area contributed by atoms with Gasteiger partial charge >= 0.3 is 5.97 Å². The lowest BCUT2D eigenvalue weighted by molar-refractivity contribution is -0.118. The van der Waals surface area contributed by atoms with Crippen molar-refractivity contribution in [3.63, 3.8) is 0 Å². The molecule has 0 bridgehead atoms. The standard InChI is InChI=1S/C10H10N4O3/c11-9(15)3-4-14-8-2-1-6(10(16)17)5-7(8)12-13-14/h1-2,5H,3-4H2,(H2,11,15)(H,16,17). The lowest BCUT2D eigenvalue weighted by Crippen LogP contribution is -2.14. The minimum atomic E-state index is -1.02. The Labute approximate surface area is 95.8 Å². The minimum absolute atomic E-state index is 0.152. The first-order chi connectivity index (χ1) is 8.08. The predicted octanol–water partition coefficient (Wildman–Crippen LogP) is 0.00490. The quantitative estimate of drug-likeness (QED) is 0.773. The van der Waals surface area contributed by atoms with Crippen molar-refractivity contribution < 1.29 is 14.7 Å². The van der Waals surface area contributed by atoms with Crippen molar-refractivity contribution >= 4 is 22.9 Å². The number of hydrogen-bond donors (Lipinski definition) is 2. The van der Waals surface area contributed by atoms with E-state index < -0.39 is 11.9 Å². The van der Waals surface area contributed by atoms with E-state index in [1.807, 2.05) is 0 Å². The maximum absolute atomic E-state index is 10.8. The number of aryl methyl sites for hydroxylation is 1. The van der Waals surface area contributed by atoms with Crippen molar-refractivity contribution in [2.24, 2.45) is 5.73 Å². The Morgan fingerprint density at radius 1 is 1.41 bits per heavy atom. The summed E-state index contributed by atoms with van der Waals surface area (Å²) in [6.07, 6.45) is 0.166. The van der Waals surface area contributed by atoms with Crippen LogP contribution >= 0.6 is 0 Å². The molecule has 1 heterocycles. The Morgan fingerprint density at radius 3 is 2.82 bits per heavy atom. The van der Waals surface area contributed by atoms with Crippen molar-refractivity contribution in [2.45, 2.75) is 13.0 Å². The molecule has 17 heavy (non-hydrogen) atoms. The van der Waals surface area contributed by atoms with Crippen molar-refractivity contribution in [3.05, 3.63) is 23.8 Å². The summed E-state index contributed by atoms with van der Waals surface area (Å²) in [5, 5.41) is 16.5. The molecule has 2 rings (SSSR count). The number of benzene rings is 1. The number of hydrogen-bond acceptors (Lipinski definition) is 4. The molecule has 88 valence electrons. The number of carboxylic acid groups (broad SMARTS) is 1. The predicted molar refractivity (Wildman–Crippen MR) is 58.3 cm³/mol. The van der Waals surface area contributed by atoms with Crippen LogP contribution in [0.1, 0.15) is 16.8 Å². The summed E-state index contributed by atoms with van der Waals surface area (Å²) < 4.78 is 1.52. The Kier molecular flexibility index (Phi) is 2.73. The normalized spacial score (nSPS) is 10.6. The highest BCUT2D eigenvalue weighted by Crippen LogP contribution is 2.13. The van der Waals surface area contributed by atoms with Crippen LogP contribution in [0.2, 0.25) is 0 Å². The largest absolute Gasteiger partial charge is 0.478 e. The third kappa shape index (κ3) is 2.22. The van der Waals surface area contributed by atoms with Crippen molar-refractivity contribution in [2.75, 3.05) is 0 Å². The molecule has 0 aliphatic carbocycles. The number of amides is 1. The van der Waals surface area contributed by atoms with Crippen LogP contribution in [-0.4, -0.2) is 32.0 Å². The van der Waals surface area contributed by atoms with E-state index >= 15 is 0 Å². The van der Waals surface area contributed by atoms with Crippen LogP contribution in [0.4, 0.5) is 0 Å². The number of carbonyl (C=O) groups is 2. The smallest absolute Gasteiger partial charge is 0.335 e. The number of aromatic carboxylic acids is 1. The monoisotopic (exact) mass is 234 g/mol. The molecule has 0 spiro atoms. The average Bonchev–Trinajstić information content (AvgIpc) is 2.68. The number of nitrogens with two attached hydrogens (primary N) is 1. The van der Waals surface area contributed by atoms with E-state index in [-0.39, 0.29) is 12.0 Å². The maximum Gasteiger partial charge on any atom is 0.335 e. The molecule has 0 saturated heterocycles. The number of carbonyl (C=O) groups excluding carboxylic acids is 1. The van der Waals surface area contributed by atoms with Gasteiger partial charge in [0.15, 0.2) is 0 Å². The van der Waals surface area contributed by atoms with Crippen molar-refractivity contribution in [1.82, 2.24) is 15.0 Å². The van der Waals surface area contributed by atoms with Crippen molar-refractivity contribution in [3.8, 4) is 0 Å². The maximum atomic E-state index is 10.8. The summed E-state index contributed by atoms with van der Waals surface area (Å²) in [4.78, 5) is 21.4. The molecule has 0 aliphatic rings. The number of carboxylic acids is 1. The zero-order valence-electron chi connectivity index (χ0n) is 8.83. The molecule has 0 aliphatic heterocycles. The summed E-state index contributed by atoms with van der Waals surface area (Å²) in [5.74, 6) is -1.44. The third-order valence-corrected chi connectivity index (χ3v) is 2.33. The molecule has 0 saturated carbocycles. The molecule has 7 heteroatoms. The zero-order chi connectivity index (χ0) is 12.4. The highest BCUT2D eigenvalue weighted by molar-refractivity contribution is 5.92. The van der Waals surface area contributed by atoms with E-state index in [2.05, 4.69) is 10.3 Å². The third-order valence-electron chi connectivity index (χ3n) is 2.33. The Morgan fingerprint density at radius 2 is 2.18 bits per heavy atom. The molecule has 0 radical (unpaired) electrons. The van der Waals surface area contributed by atoms with Gasteiger partial charge in [-0.25, -0.2) is 9.48 Å². The van der Waals surface area contributed by atoms with Gasteiger partial charge < -0.3 is 10.8 Å². The van der Waals surface area contributed by atoms with Crippen LogP contribution in [0.3, 0.4) is 0 Å². The fraction of sp³-hybridized carbons (Fsp3) is 0.200. The number of nitrogens with zero attached hydrogens (tertiary/aromatic N) is 3. The lowest BCUT2D eigenvalue weighted by Gasteiger charge is -1.99.